The van der Waals surface area contributed by atoms with Crippen molar-refractivity contribution in [2.24, 2.45) is 0 Å². The summed E-state index contributed by atoms with van der Waals surface area (Å²) < 4.78 is 23.6. The summed E-state index contributed by atoms with van der Waals surface area (Å²) in [6.45, 7) is 0.295. The van der Waals surface area contributed by atoms with Crippen LogP contribution < -0.4 is 0 Å². The second kappa shape index (κ2) is 5.90. The molecule has 2 saturated heterocycles. The largest absolute Gasteiger partial charge is 0.347 e. The fraction of sp³-hybridized carbons (Fsp3) is 0.533. The van der Waals surface area contributed by atoms with Gasteiger partial charge in [-0.05, 0) is 24.8 Å². The molecule has 0 saturated carbocycles. The van der Waals surface area contributed by atoms with Crippen molar-refractivity contribution in [2.45, 2.75) is 37.1 Å². The maximum absolute atomic E-state index is 12.8. The maximum atomic E-state index is 12.8. The molecule has 1 aromatic carbocycles. The fourth-order valence-electron chi connectivity index (χ4n) is 3.34. The van der Waals surface area contributed by atoms with E-state index in [9.17, 15) is 9.83 Å². The lowest BCUT2D eigenvalue weighted by atomic mass is 9.97. The Morgan fingerprint density at radius 1 is 1.38 bits per heavy atom. The van der Waals surface area contributed by atoms with Gasteiger partial charge in [0, 0.05) is 7.11 Å². The third-order valence-corrected chi connectivity index (χ3v) is 6.64. The van der Waals surface area contributed by atoms with Gasteiger partial charge in [-0.2, -0.15) is 5.26 Å². The minimum atomic E-state index is -3.16. The molecule has 0 radical (unpaired) electrons. The first kappa shape index (κ1) is 14.7. The van der Waals surface area contributed by atoms with E-state index in [4.69, 9.17) is 9.05 Å². The van der Waals surface area contributed by atoms with Gasteiger partial charge in [0.15, 0.2) is 0 Å². The van der Waals surface area contributed by atoms with Crippen molar-refractivity contribution < 1.29 is 13.6 Å². The summed E-state index contributed by atoms with van der Waals surface area (Å²) in [4.78, 5) is 2.06. The summed E-state index contributed by atoms with van der Waals surface area (Å²) in [7, 11) is -1.73. The smallest absolute Gasteiger partial charge is 0.311 e. The minimum Gasteiger partial charge on any atom is -0.311 e. The van der Waals surface area contributed by atoms with E-state index in [0.29, 0.717) is 6.61 Å². The van der Waals surface area contributed by atoms with Gasteiger partial charge >= 0.3 is 7.60 Å². The van der Waals surface area contributed by atoms with E-state index < -0.39 is 7.60 Å². The summed E-state index contributed by atoms with van der Waals surface area (Å²) in [5.41, 5.74) is 1.09. The SMILES string of the molecule is COP1(=O)OC[C@@H](c2ccccc2)N2C1CCC[C@H]2C#N. The first-order valence-electron chi connectivity index (χ1n) is 7.21. The van der Waals surface area contributed by atoms with E-state index in [1.54, 1.807) is 0 Å². The van der Waals surface area contributed by atoms with Crippen LogP contribution in [0.4, 0.5) is 0 Å². The number of rotatable bonds is 2. The van der Waals surface area contributed by atoms with E-state index in [0.717, 1.165) is 24.8 Å². The van der Waals surface area contributed by atoms with E-state index >= 15 is 0 Å². The third-order valence-electron chi connectivity index (χ3n) is 4.37. The zero-order chi connectivity index (χ0) is 14.9. The summed E-state index contributed by atoms with van der Waals surface area (Å²) in [5.74, 6) is -0.320. The van der Waals surface area contributed by atoms with Gasteiger partial charge in [-0.15, -0.1) is 0 Å². The third kappa shape index (κ3) is 2.54. The van der Waals surface area contributed by atoms with Gasteiger partial charge in [-0.25, -0.2) is 0 Å². The molecule has 0 amide bonds. The van der Waals surface area contributed by atoms with Gasteiger partial charge in [-0.3, -0.25) is 9.46 Å². The Hall–Kier alpha value is -1.18. The normalized spacial score (nSPS) is 36.7. The molecule has 5 nitrogen and oxygen atoms in total. The van der Waals surface area contributed by atoms with Gasteiger partial charge in [0.2, 0.25) is 0 Å². The van der Waals surface area contributed by atoms with E-state index in [2.05, 4.69) is 11.0 Å². The van der Waals surface area contributed by atoms with Crippen molar-refractivity contribution >= 4 is 7.60 Å². The van der Waals surface area contributed by atoms with Crippen LogP contribution in [0.15, 0.2) is 30.3 Å². The molecule has 0 N–H and O–H groups in total. The zero-order valence-corrected chi connectivity index (χ0v) is 12.9. The average molecular weight is 306 g/mol. The van der Waals surface area contributed by atoms with Crippen LogP contribution in [0.5, 0.6) is 0 Å². The highest BCUT2D eigenvalue weighted by atomic mass is 31.2. The number of hydrogen-bond acceptors (Lipinski definition) is 5. The highest BCUT2D eigenvalue weighted by molar-refractivity contribution is 7.54. The Kier molecular flexibility index (Phi) is 4.14. The van der Waals surface area contributed by atoms with Crippen molar-refractivity contribution in [1.29, 1.82) is 5.26 Å². The monoisotopic (exact) mass is 306 g/mol. The lowest BCUT2D eigenvalue weighted by Crippen LogP contribution is -2.52. The molecule has 0 bridgehead atoms. The first-order chi connectivity index (χ1) is 10.2. The van der Waals surface area contributed by atoms with Gasteiger partial charge in [0.1, 0.15) is 5.78 Å². The van der Waals surface area contributed by atoms with E-state index in [-0.39, 0.29) is 17.9 Å². The van der Waals surface area contributed by atoms with Crippen molar-refractivity contribution in [3.63, 3.8) is 0 Å². The number of benzene rings is 1. The fourth-order valence-corrected chi connectivity index (χ4v) is 5.36. The molecule has 112 valence electrons. The summed E-state index contributed by atoms with van der Waals surface area (Å²) in [5, 5.41) is 9.47. The Morgan fingerprint density at radius 3 is 2.81 bits per heavy atom. The van der Waals surface area contributed by atoms with Gasteiger partial charge in [-0.1, -0.05) is 30.3 Å². The number of nitrogens with zero attached hydrogens (tertiary/aromatic N) is 2. The standard InChI is InChI=1S/C15H19N2O3P/c1-19-21(18)15-9-5-8-13(10-16)17(15)14(11-20-21)12-6-3-2-4-7-12/h2-4,6-7,13-15H,5,8-9,11H2,1H3/t13-,14-,15?,21?/m0/s1. The van der Waals surface area contributed by atoms with Crippen molar-refractivity contribution in [1.82, 2.24) is 4.90 Å². The molecule has 0 aliphatic carbocycles. The molecule has 2 aliphatic heterocycles. The molecule has 21 heavy (non-hydrogen) atoms. The predicted molar refractivity (Wildman–Crippen MR) is 78.6 cm³/mol. The van der Waals surface area contributed by atoms with E-state index in [1.165, 1.54) is 7.11 Å². The molecule has 3 rings (SSSR count). The van der Waals surface area contributed by atoms with Crippen LogP contribution in [0.1, 0.15) is 30.9 Å². The molecule has 2 aliphatic rings. The molecule has 6 heteroatoms. The molecule has 1 aromatic rings. The predicted octanol–water partition coefficient (Wildman–Crippen LogP) is 3.30. The van der Waals surface area contributed by atoms with Gasteiger partial charge in [0.25, 0.3) is 0 Å². The van der Waals surface area contributed by atoms with Crippen LogP contribution in [0.2, 0.25) is 0 Å². The zero-order valence-electron chi connectivity index (χ0n) is 12.0. The molecule has 0 aromatic heterocycles. The molecule has 2 fully saturated rings. The van der Waals surface area contributed by atoms with Crippen LogP contribution in [0.25, 0.3) is 0 Å². The van der Waals surface area contributed by atoms with Crippen LogP contribution in [-0.2, 0) is 13.6 Å². The number of hydrogen-bond donors (Lipinski definition) is 0. The second-order valence-corrected chi connectivity index (χ2v) is 7.75. The Labute approximate surface area is 125 Å². The Bertz CT molecular complexity index is 586. The number of piperidine rings is 1. The molecular weight excluding hydrogens is 287 g/mol. The molecule has 4 atom stereocenters. The number of nitriles is 1. The van der Waals surface area contributed by atoms with E-state index in [1.807, 2.05) is 30.3 Å². The second-order valence-electron chi connectivity index (χ2n) is 5.45. The Balaban J connectivity index is 2.00. The molecule has 2 heterocycles. The highest BCUT2D eigenvalue weighted by Gasteiger charge is 2.51. The van der Waals surface area contributed by atoms with Crippen molar-refractivity contribution in [3.8, 4) is 6.07 Å². The number of fused-ring (bicyclic) bond motifs is 1. The van der Waals surface area contributed by atoms with Crippen LogP contribution >= 0.6 is 7.60 Å². The van der Waals surface area contributed by atoms with Gasteiger partial charge in [0.05, 0.1) is 24.8 Å². The molecule has 2 unspecified atom stereocenters. The first-order valence-corrected chi connectivity index (χ1v) is 8.83. The molecule has 0 spiro atoms. The lowest BCUT2D eigenvalue weighted by molar-refractivity contribution is 0.0149. The van der Waals surface area contributed by atoms with Crippen molar-refractivity contribution in [3.05, 3.63) is 35.9 Å². The molecular formula is C15H19N2O3P. The summed E-state index contributed by atoms with van der Waals surface area (Å²) >= 11 is 0. The highest BCUT2D eigenvalue weighted by Crippen LogP contribution is 2.61. The van der Waals surface area contributed by atoms with Crippen LogP contribution in [-0.4, -0.2) is 30.4 Å². The topological polar surface area (TPSA) is 62.6 Å². The minimum absolute atomic E-state index is 0.0432. The maximum Gasteiger partial charge on any atom is 0.347 e. The van der Waals surface area contributed by atoms with Crippen LogP contribution in [0, 0.1) is 11.3 Å². The average Bonchev–Trinajstić information content (AvgIpc) is 2.55. The Morgan fingerprint density at radius 2 is 2.14 bits per heavy atom. The van der Waals surface area contributed by atoms with Gasteiger partial charge < -0.3 is 9.05 Å². The summed E-state index contributed by atoms with van der Waals surface area (Å²) in [6, 6.07) is 12.0. The lowest BCUT2D eigenvalue weighted by Gasteiger charge is -2.49. The van der Waals surface area contributed by atoms with Crippen molar-refractivity contribution in [2.75, 3.05) is 13.7 Å². The quantitative estimate of drug-likeness (QED) is 0.784. The van der Waals surface area contributed by atoms with Crippen LogP contribution in [0.3, 0.4) is 0 Å². The summed E-state index contributed by atoms with van der Waals surface area (Å²) in [6.07, 6.45) is 2.42.